The van der Waals surface area contributed by atoms with Crippen LogP contribution in [0, 0.1) is 0 Å². The van der Waals surface area contributed by atoms with Crippen LogP contribution in [0.4, 0.5) is 0 Å². The first-order chi connectivity index (χ1) is 14.1. The summed E-state index contributed by atoms with van der Waals surface area (Å²) in [6.07, 6.45) is 5.53. The molecule has 0 radical (unpaired) electrons. The highest BCUT2D eigenvalue weighted by Crippen LogP contribution is 2.35. The van der Waals surface area contributed by atoms with E-state index in [0.717, 1.165) is 37.3 Å². The van der Waals surface area contributed by atoms with Gasteiger partial charge in [0.1, 0.15) is 11.5 Å². The molecule has 154 valence electrons. The Bertz CT molecular complexity index is 840. The number of benzene rings is 2. The molecule has 4 rings (SSSR count). The Hall–Kier alpha value is -2.53. The van der Waals surface area contributed by atoms with Gasteiger partial charge in [-0.15, -0.1) is 0 Å². The number of amides is 1. The van der Waals surface area contributed by atoms with Crippen LogP contribution in [-0.2, 0) is 4.79 Å². The lowest BCUT2D eigenvalue weighted by Crippen LogP contribution is -2.51. The smallest absolute Gasteiger partial charge is 0.223 e. The molecule has 5 nitrogen and oxygen atoms in total. The largest absolute Gasteiger partial charge is 0.508 e. The van der Waals surface area contributed by atoms with Crippen LogP contribution in [0.2, 0.25) is 0 Å². The van der Waals surface area contributed by atoms with Crippen molar-refractivity contribution >= 4 is 5.91 Å². The Morgan fingerprint density at radius 1 is 0.966 bits per heavy atom. The van der Waals surface area contributed by atoms with Crippen LogP contribution in [0.25, 0.3) is 0 Å². The maximum Gasteiger partial charge on any atom is 0.223 e. The summed E-state index contributed by atoms with van der Waals surface area (Å²) in [5, 5.41) is 20.3. The van der Waals surface area contributed by atoms with E-state index < -0.39 is 0 Å². The molecule has 0 spiro atoms. The van der Waals surface area contributed by atoms with Gasteiger partial charge in [0.2, 0.25) is 5.91 Å². The molecule has 1 aliphatic heterocycles. The number of carbonyl (C=O) groups excluding carboxylic acids is 1. The summed E-state index contributed by atoms with van der Waals surface area (Å²) < 4.78 is 0. The number of aromatic hydroxyl groups is 2. The highest BCUT2D eigenvalue weighted by Gasteiger charge is 2.30. The number of hydrogen-bond acceptors (Lipinski definition) is 4. The van der Waals surface area contributed by atoms with Gasteiger partial charge in [-0.05, 0) is 36.6 Å². The van der Waals surface area contributed by atoms with E-state index in [0.29, 0.717) is 6.04 Å². The van der Waals surface area contributed by atoms with Gasteiger partial charge in [-0.2, -0.15) is 0 Å². The molecule has 2 aromatic carbocycles. The Balaban J connectivity index is 1.48. The molecule has 2 aliphatic rings. The number of piperazine rings is 1. The lowest BCUT2D eigenvalue weighted by molar-refractivity contribution is -0.133. The molecule has 1 aliphatic carbocycles. The molecule has 1 unspecified atom stereocenters. The molecule has 2 N–H and O–H groups in total. The predicted octanol–water partition coefficient (Wildman–Crippen LogP) is 3.71. The summed E-state index contributed by atoms with van der Waals surface area (Å²) in [5.41, 5.74) is 1.56. The van der Waals surface area contributed by atoms with Gasteiger partial charge >= 0.3 is 0 Å². The van der Waals surface area contributed by atoms with Crippen molar-refractivity contribution in [1.29, 1.82) is 0 Å². The van der Waals surface area contributed by atoms with E-state index in [1.54, 1.807) is 30.3 Å². The molecule has 2 aromatic rings. The van der Waals surface area contributed by atoms with Crippen molar-refractivity contribution in [3.63, 3.8) is 0 Å². The first-order valence-corrected chi connectivity index (χ1v) is 10.7. The van der Waals surface area contributed by atoms with Crippen LogP contribution in [0.3, 0.4) is 0 Å². The molecular formula is C24H30N2O3. The van der Waals surface area contributed by atoms with E-state index >= 15 is 0 Å². The fourth-order valence-corrected chi connectivity index (χ4v) is 4.84. The molecule has 0 aromatic heterocycles. The normalized spacial score (nSPS) is 19.4. The van der Waals surface area contributed by atoms with E-state index in [1.807, 2.05) is 23.1 Å². The number of carbonyl (C=O) groups is 1. The molecule has 1 atom stereocenters. The minimum Gasteiger partial charge on any atom is -0.508 e. The van der Waals surface area contributed by atoms with E-state index in [4.69, 9.17) is 0 Å². The molecule has 1 saturated carbocycles. The quantitative estimate of drug-likeness (QED) is 0.812. The molecule has 2 fully saturated rings. The summed E-state index contributed by atoms with van der Waals surface area (Å²) in [6.45, 7) is 3.43. The fraction of sp³-hybridized carbons (Fsp3) is 0.458. The Labute approximate surface area is 172 Å². The number of phenolic OH excluding ortho intramolecular Hbond substituents is 2. The zero-order valence-corrected chi connectivity index (χ0v) is 16.8. The van der Waals surface area contributed by atoms with Gasteiger partial charge in [-0.3, -0.25) is 9.69 Å². The average Bonchev–Trinajstić information content (AvgIpc) is 3.27. The van der Waals surface area contributed by atoms with E-state index in [9.17, 15) is 15.0 Å². The molecule has 1 heterocycles. The molecular weight excluding hydrogens is 364 g/mol. The number of phenols is 2. The third-order valence-corrected chi connectivity index (χ3v) is 6.47. The van der Waals surface area contributed by atoms with Gasteiger partial charge in [0.05, 0.1) is 0 Å². The van der Waals surface area contributed by atoms with Crippen molar-refractivity contribution in [3.8, 4) is 11.5 Å². The SMILES string of the molecule is O=C(CC(c1cccc(O)c1)c1ccccc1O)N1CCN(C2CCCC2)CC1. The minimum atomic E-state index is -0.288. The molecule has 29 heavy (non-hydrogen) atoms. The third-order valence-electron chi connectivity index (χ3n) is 6.47. The van der Waals surface area contributed by atoms with Crippen LogP contribution >= 0.6 is 0 Å². The summed E-state index contributed by atoms with van der Waals surface area (Å²) in [7, 11) is 0. The van der Waals surface area contributed by atoms with Crippen molar-refractivity contribution in [2.45, 2.75) is 44.1 Å². The lowest BCUT2D eigenvalue weighted by Gasteiger charge is -2.38. The Morgan fingerprint density at radius 2 is 1.69 bits per heavy atom. The monoisotopic (exact) mass is 394 g/mol. The van der Waals surface area contributed by atoms with Gasteiger partial charge in [-0.25, -0.2) is 0 Å². The third kappa shape index (κ3) is 4.56. The molecule has 1 amide bonds. The van der Waals surface area contributed by atoms with Crippen molar-refractivity contribution in [1.82, 2.24) is 9.80 Å². The molecule has 5 heteroatoms. The minimum absolute atomic E-state index is 0.104. The maximum atomic E-state index is 13.1. The fourth-order valence-electron chi connectivity index (χ4n) is 4.84. The maximum absolute atomic E-state index is 13.1. The van der Waals surface area contributed by atoms with Crippen LogP contribution < -0.4 is 0 Å². The van der Waals surface area contributed by atoms with Crippen LogP contribution in [0.1, 0.15) is 49.1 Å². The summed E-state index contributed by atoms with van der Waals surface area (Å²) in [6, 6.07) is 14.8. The van der Waals surface area contributed by atoms with Crippen LogP contribution in [-0.4, -0.2) is 58.1 Å². The van der Waals surface area contributed by atoms with Gasteiger partial charge < -0.3 is 15.1 Å². The lowest BCUT2D eigenvalue weighted by atomic mass is 9.87. The standard InChI is InChI=1S/C24H30N2O3/c27-20-9-5-6-18(16-20)22(21-10-3-4-11-23(21)28)17-24(29)26-14-12-25(13-15-26)19-7-1-2-8-19/h3-6,9-11,16,19,22,27-28H,1-2,7-8,12-15,17H2. The van der Waals surface area contributed by atoms with Crippen LogP contribution in [0.15, 0.2) is 48.5 Å². The van der Waals surface area contributed by atoms with Crippen molar-refractivity contribution in [3.05, 3.63) is 59.7 Å². The molecule has 0 bridgehead atoms. The van der Waals surface area contributed by atoms with Gasteiger partial charge in [0.15, 0.2) is 0 Å². The summed E-state index contributed by atoms with van der Waals surface area (Å²) in [5.74, 6) is 0.163. The van der Waals surface area contributed by atoms with Crippen molar-refractivity contribution < 1.29 is 15.0 Å². The summed E-state index contributed by atoms with van der Waals surface area (Å²) in [4.78, 5) is 17.7. The number of nitrogens with zero attached hydrogens (tertiary/aromatic N) is 2. The van der Waals surface area contributed by atoms with Crippen LogP contribution in [0.5, 0.6) is 11.5 Å². The second-order valence-electron chi connectivity index (χ2n) is 8.27. The first-order valence-electron chi connectivity index (χ1n) is 10.7. The second-order valence-corrected chi connectivity index (χ2v) is 8.27. The molecule has 1 saturated heterocycles. The van der Waals surface area contributed by atoms with Gasteiger partial charge in [0.25, 0.3) is 0 Å². The van der Waals surface area contributed by atoms with Gasteiger partial charge in [0, 0.05) is 50.1 Å². The van der Waals surface area contributed by atoms with Crippen molar-refractivity contribution in [2.24, 2.45) is 0 Å². The summed E-state index contributed by atoms with van der Waals surface area (Å²) >= 11 is 0. The van der Waals surface area contributed by atoms with E-state index in [-0.39, 0.29) is 29.7 Å². The highest BCUT2D eigenvalue weighted by atomic mass is 16.3. The number of hydrogen-bond donors (Lipinski definition) is 2. The van der Waals surface area contributed by atoms with E-state index in [1.165, 1.54) is 25.7 Å². The van der Waals surface area contributed by atoms with E-state index in [2.05, 4.69) is 4.90 Å². The zero-order chi connectivity index (χ0) is 20.2. The predicted molar refractivity (Wildman–Crippen MR) is 113 cm³/mol. The Morgan fingerprint density at radius 3 is 2.38 bits per heavy atom. The number of rotatable bonds is 5. The average molecular weight is 395 g/mol. The first kappa shape index (κ1) is 19.8. The highest BCUT2D eigenvalue weighted by molar-refractivity contribution is 5.78. The Kier molecular flexibility index (Phi) is 6.05. The van der Waals surface area contributed by atoms with Gasteiger partial charge in [-0.1, -0.05) is 43.2 Å². The second kappa shape index (κ2) is 8.87. The van der Waals surface area contributed by atoms with Crippen molar-refractivity contribution in [2.75, 3.05) is 26.2 Å². The topological polar surface area (TPSA) is 64.0 Å². The number of para-hydroxylation sites is 1. The zero-order valence-electron chi connectivity index (χ0n) is 16.8.